The summed E-state index contributed by atoms with van der Waals surface area (Å²) >= 11 is 7.24. The fourth-order valence-corrected chi connectivity index (χ4v) is 3.85. The molecule has 1 atom stereocenters. The molecule has 162 valence electrons. The van der Waals surface area contributed by atoms with E-state index in [1.54, 1.807) is 18.2 Å². The van der Waals surface area contributed by atoms with Crippen LogP contribution in [0.5, 0.6) is 0 Å². The van der Waals surface area contributed by atoms with Gasteiger partial charge in [-0.15, -0.1) is 22.6 Å². The van der Waals surface area contributed by atoms with Gasteiger partial charge in [-0.05, 0) is 42.7 Å². The molecule has 0 aliphatic carbocycles. The lowest BCUT2D eigenvalue weighted by Gasteiger charge is -2.08. The Labute approximate surface area is 194 Å². The number of nitrogens with zero attached hydrogens (tertiary/aromatic N) is 2. The van der Waals surface area contributed by atoms with Crippen LogP contribution in [0.2, 0.25) is 5.02 Å². The van der Waals surface area contributed by atoms with Crippen LogP contribution >= 0.6 is 35.8 Å². The minimum Gasteiger partial charge on any atom is -0.414 e. The third-order valence-corrected chi connectivity index (χ3v) is 5.95. The molecule has 0 spiro atoms. The molecule has 4 rings (SSSR count). The van der Waals surface area contributed by atoms with E-state index in [1.807, 2.05) is 37.4 Å². The highest BCUT2D eigenvalue weighted by atomic mass is 35.5. The maximum Gasteiger partial charge on any atom is 0.277 e. The van der Waals surface area contributed by atoms with Gasteiger partial charge in [-0.25, -0.2) is 0 Å². The second-order valence-electron chi connectivity index (χ2n) is 6.83. The Morgan fingerprint density at radius 3 is 2.90 bits per heavy atom. The first kappa shape index (κ1) is 23.1. The number of anilines is 1. The number of hydrogen-bond donors (Lipinski definition) is 3. The Hall–Kier alpha value is -2.52. The minimum atomic E-state index is -0.436. The molecule has 0 fully saturated rings. The number of aromatic nitrogens is 3. The second kappa shape index (κ2) is 10.2. The van der Waals surface area contributed by atoms with E-state index >= 15 is 0 Å². The van der Waals surface area contributed by atoms with E-state index in [0.29, 0.717) is 28.2 Å². The number of H-pyrrole nitrogens is 1. The number of nitrogens with two attached hydrogens (primary N) is 1. The molecule has 2 aromatic heterocycles. The minimum absolute atomic E-state index is 0. The van der Waals surface area contributed by atoms with Crippen LogP contribution in [0.15, 0.2) is 58.3 Å². The summed E-state index contributed by atoms with van der Waals surface area (Å²) in [6, 6.07) is 13.0. The number of halogens is 2. The number of fused-ring (bicyclic) bond motifs is 1. The van der Waals surface area contributed by atoms with Gasteiger partial charge in [0.25, 0.3) is 5.22 Å². The first-order valence-electron chi connectivity index (χ1n) is 9.33. The highest BCUT2D eigenvalue weighted by Crippen LogP contribution is 2.26. The van der Waals surface area contributed by atoms with E-state index in [9.17, 15) is 4.79 Å². The average Bonchev–Trinajstić information content (AvgIpc) is 3.38. The highest BCUT2D eigenvalue weighted by Gasteiger charge is 2.18. The SMILES string of the molecule is Cc1c(Cl)cccc1NC(=O)CSc1nnc(C(N)Cc2c[nH]c3ccccc23)o1.Cl. The smallest absolute Gasteiger partial charge is 0.277 e. The number of thioether (sulfide) groups is 1. The lowest BCUT2D eigenvalue weighted by Crippen LogP contribution is -2.14. The summed E-state index contributed by atoms with van der Waals surface area (Å²) in [7, 11) is 0. The van der Waals surface area contributed by atoms with E-state index in [0.717, 1.165) is 33.8 Å². The third-order valence-electron chi connectivity index (χ3n) is 4.72. The van der Waals surface area contributed by atoms with Crippen LogP contribution in [0.4, 0.5) is 5.69 Å². The van der Waals surface area contributed by atoms with Gasteiger partial charge in [-0.2, -0.15) is 0 Å². The number of hydrogen-bond acceptors (Lipinski definition) is 6. The molecule has 4 aromatic rings. The number of amides is 1. The fraction of sp³-hybridized carbons (Fsp3) is 0.190. The predicted molar refractivity (Wildman–Crippen MR) is 126 cm³/mol. The molecule has 7 nitrogen and oxygen atoms in total. The van der Waals surface area contributed by atoms with Crippen molar-refractivity contribution >= 4 is 58.3 Å². The van der Waals surface area contributed by atoms with Crippen LogP contribution < -0.4 is 11.1 Å². The monoisotopic (exact) mass is 477 g/mol. The van der Waals surface area contributed by atoms with Crippen molar-refractivity contribution in [3.05, 3.63) is 70.7 Å². The molecule has 0 saturated heterocycles. The average molecular weight is 478 g/mol. The lowest BCUT2D eigenvalue weighted by molar-refractivity contribution is -0.113. The van der Waals surface area contributed by atoms with E-state index < -0.39 is 6.04 Å². The number of para-hydroxylation sites is 1. The summed E-state index contributed by atoms with van der Waals surface area (Å²) in [4.78, 5) is 15.5. The summed E-state index contributed by atoms with van der Waals surface area (Å²) in [5.41, 5.74) is 9.91. The standard InChI is InChI=1S/C21H20ClN5O2S.ClH/c1-12-15(22)6-4-8-17(12)25-19(28)11-30-21-27-26-20(29-21)16(23)9-13-10-24-18-7-3-2-5-14(13)18;/h2-8,10,16,24H,9,11,23H2,1H3,(H,25,28);1H. The Morgan fingerprint density at radius 1 is 1.26 bits per heavy atom. The number of aromatic amines is 1. The maximum absolute atomic E-state index is 12.2. The normalized spacial score (nSPS) is 11.8. The molecule has 0 saturated carbocycles. The first-order valence-corrected chi connectivity index (χ1v) is 10.7. The zero-order valence-electron chi connectivity index (χ0n) is 16.6. The van der Waals surface area contributed by atoms with Crippen LogP contribution in [0.3, 0.4) is 0 Å². The summed E-state index contributed by atoms with van der Waals surface area (Å²) < 4.78 is 5.65. The molecule has 2 heterocycles. The second-order valence-corrected chi connectivity index (χ2v) is 8.16. The van der Waals surface area contributed by atoms with Crippen molar-refractivity contribution in [3.63, 3.8) is 0 Å². The topological polar surface area (TPSA) is 110 Å². The zero-order valence-corrected chi connectivity index (χ0v) is 19.0. The molecular weight excluding hydrogens is 457 g/mol. The molecule has 1 unspecified atom stereocenters. The van der Waals surface area contributed by atoms with Crippen molar-refractivity contribution in [2.45, 2.75) is 24.6 Å². The maximum atomic E-state index is 12.2. The number of rotatable bonds is 7. The van der Waals surface area contributed by atoms with Gasteiger partial charge in [-0.3, -0.25) is 4.79 Å². The first-order chi connectivity index (χ1) is 14.5. The van der Waals surface area contributed by atoms with Gasteiger partial charge in [0.05, 0.1) is 11.8 Å². The van der Waals surface area contributed by atoms with E-state index in [2.05, 4.69) is 20.5 Å². The fourth-order valence-electron chi connectivity index (χ4n) is 3.11. The van der Waals surface area contributed by atoms with Crippen molar-refractivity contribution in [1.29, 1.82) is 0 Å². The molecule has 0 aliphatic heterocycles. The summed E-state index contributed by atoms with van der Waals surface area (Å²) in [5.74, 6) is 0.285. The molecule has 1 amide bonds. The van der Waals surface area contributed by atoms with Crippen LogP contribution in [-0.4, -0.2) is 26.8 Å². The van der Waals surface area contributed by atoms with Crippen molar-refractivity contribution in [3.8, 4) is 0 Å². The summed E-state index contributed by atoms with van der Waals surface area (Å²) in [6.45, 7) is 1.85. The van der Waals surface area contributed by atoms with Gasteiger partial charge in [0.15, 0.2) is 0 Å². The van der Waals surface area contributed by atoms with Gasteiger partial charge in [0.1, 0.15) is 0 Å². The Kier molecular flexibility index (Phi) is 7.61. The molecule has 0 radical (unpaired) electrons. The largest absolute Gasteiger partial charge is 0.414 e. The Bertz CT molecular complexity index is 1190. The van der Waals surface area contributed by atoms with Gasteiger partial charge in [0.2, 0.25) is 11.8 Å². The van der Waals surface area contributed by atoms with Crippen LogP contribution in [0.25, 0.3) is 10.9 Å². The summed E-state index contributed by atoms with van der Waals surface area (Å²) in [6.07, 6.45) is 2.50. The number of carbonyl (C=O) groups excluding carboxylic acids is 1. The number of benzene rings is 2. The molecule has 0 aliphatic rings. The summed E-state index contributed by atoms with van der Waals surface area (Å²) in [5, 5.41) is 12.9. The molecule has 4 N–H and O–H groups in total. The van der Waals surface area contributed by atoms with Gasteiger partial charge in [-0.1, -0.05) is 47.6 Å². The van der Waals surface area contributed by atoms with E-state index in [-0.39, 0.29) is 24.1 Å². The van der Waals surface area contributed by atoms with E-state index in [1.165, 1.54) is 0 Å². The van der Waals surface area contributed by atoms with Crippen molar-refractivity contribution in [1.82, 2.24) is 15.2 Å². The molecular formula is C21H21Cl2N5O2S. The molecule has 10 heteroatoms. The van der Waals surface area contributed by atoms with E-state index in [4.69, 9.17) is 21.8 Å². The molecule has 31 heavy (non-hydrogen) atoms. The van der Waals surface area contributed by atoms with Crippen LogP contribution in [0.1, 0.15) is 23.1 Å². The van der Waals surface area contributed by atoms with Gasteiger partial charge >= 0.3 is 0 Å². The molecule has 0 bridgehead atoms. The predicted octanol–water partition coefficient (Wildman–Crippen LogP) is 4.91. The van der Waals surface area contributed by atoms with Crippen LogP contribution in [0, 0.1) is 6.92 Å². The molecule has 2 aromatic carbocycles. The quantitative estimate of drug-likeness (QED) is 0.326. The lowest BCUT2D eigenvalue weighted by atomic mass is 10.1. The zero-order chi connectivity index (χ0) is 21.1. The van der Waals surface area contributed by atoms with Crippen LogP contribution in [-0.2, 0) is 11.2 Å². The highest BCUT2D eigenvalue weighted by molar-refractivity contribution is 7.99. The third kappa shape index (κ3) is 5.40. The Morgan fingerprint density at radius 2 is 2.06 bits per heavy atom. The number of carbonyl (C=O) groups is 1. The van der Waals surface area contributed by atoms with Crippen molar-refractivity contribution in [2.24, 2.45) is 5.73 Å². The van der Waals surface area contributed by atoms with Crippen molar-refractivity contribution in [2.75, 3.05) is 11.1 Å². The Balaban J connectivity index is 0.00000272. The van der Waals surface area contributed by atoms with Gasteiger partial charge < -0.3 is 20.5 Å². The van der Waals surface area contributed by atoms with Crippen molar-refractivity contribution < 1.29 is 9.21 Å². The van der Waals surface area contributed by atoms with Gasteiger partial charge in [0, 0.05) is 27.8 Å². The number of nitrogens with one attached hydrogen (secondary N) is 2.